The van der Waals surface area contributed by atoms with Crippen molar-refractivity contribution in [2.45, 2.75) is 6.54 Å². The van der Waals surface area contributed by atoms with Crippen molar-refractivity contribution >= 4 is 27.4 Å². The summed E-state index contributed by atoms with van der Waals surface area (Å²) in [4.78, 5) is 7.32. The number of hydrogen-bond donors (Lipinski definition) is 2. The molecule has 0 bridgehead atoms. The van der Waals surface area contributed by atoms with Gasteiger partial charge in [-0.15, -0.1) is 5.10 Å². The van der Waals surface area contributed by atoms with E-state index in [-0.39, 0.29) is 0 Å². The van der Waals surface area contributed by atoms with Crippen LogP contribution in [-0.2, 0) is 6.54 Å². The number of fused-ring (bicyclic) bond motifs is 1. The Morgan fingerprint density at radius 3 is 3.12 bits per heavy atom. The van der Waals surface area contributed by atoms with E-state index in [1.165, 1.54) is 0 Å². The van der Waals surface area contributed by atoms with Crippen LogP contribution in [0.4, 0.5) is 5.82 Å². The lowest BCUT2D eigenvalue weighted by Gasteiger charge is -2.04. The highest BCUT2D eigenvalue weighted by atomic mass is 79.9. The maximum absolute atomic E-state index is 4.42. The first kappa shape index (κ1) is 10.3. The number of anilines is 1. The molecule has 3 aromatic rings. The summed E-state index contributed by atoms with van der Waals surface area (Å²) in [5, 5.41) is 7.66. The van der Waals surface area contributed by atoms with Gasteiger partial charge in [0.15, 0.2) is 5.65 Å². The Kier molecular flexibility index (Phi) is 2.56. The number of H-pyrrole nitrogens is 1. The van der Waals surface area contributed by atoms with E-state index in [4.69, 9.17) is 0 Å². The van der Waals surface area contributed by atoms with E-state index in [1.807, 2.05) is 30.5 Å². The zero-order valence-corrected chi connectivity index (χ0v) is 10.5. The highest BCUT2D eigenvalue weighted by molar-refractivity contribution is 9.10. The van der Waals surface area contributed by atoms with Crippen molar-refractivity contribution in [3.05, 3.63) is 47.0 Å². The van der Waals surface area contributed by atoms with Crippen LogP contribution in [0.15, 0.2) is 41.3 Å². The molecular formula is C11H10BrN5. The minimum atomic E-state index is 0.720. The van der Waals surface area contributed by atoms with Crippen LogP contribution in [0.25, 0.3) is 5.65 Å². The van der Waals surface area contributed by atoms with Crippen LogP contribution in [0.5, 0.6) is 0 Å². The van der Waals surface area contributed by atoms with Gasteiger partial charge in [-0.2, -0.15) is 0 Å². The number of hydrogen-bond acceptors (Lipinski definition) is 3. The summed E-state index contributed by atoms with van der Waals surface area (Å²) < 4.78 is 2.59. The second kappa shape index (κ2) is 4.21. The second-order valence-corrected chi connectivity index (χ2v) is 4.43. The predicted molar refractivity (Wildman–Crippen MR) is 68.8 cm³/mol. The Labute approximate surface area is 106 Å². The number of imidazole rings is 1. The van der Waals surface area contributed by atoms with E-state index < -0.39 is 0 Å². The number of halogens is 1. The number of rotatable bonds is 3. The maximum atomic E-state index is 4.42. The van der Waals surface area contributed by atoms with Crippen LogP contribution < -0.4 is 5.32 Å². The molecule has 0 amide bonds. The molecule has 86 valence electrons. The van der Waals surface area contributed by atoms with Crippen LogP contribution in [0.1, 0.15) is 5.69 Å². The van der Waals surface area contributed by atoms with Crippen molar-refractivity contribution in [1.29, 1.82) is 0 Å². The molecule has 17 heavy (non-hydrogen) atoms. The first-order chi connectivity index (χ1) is 8.33. The molecule has 0 radical (unpaired) electrons. The maximum Gasteiger partial charge on any atom is 0.154 e. The number of aromatic nitrogens is 4. The standard InChI is InChI=1S/C11H10BrN5/c12-9-7-15-11-4-3-10(16-17(9)11)14-6-8-2-1-5-13-8/h1-5,7,13H,6H2,(H,14,16). The monoisotopic (exact) mass is 291 g/mol. The highest BCUT2D eigenvalue weighted by Gasteiger charge is 2.02. The summed E-state index contributed by atoms with van der Waals surface area (Å²) >= 11 is 3.39. The van der Waals surface area contributed by atoms with E-state index in [2.05, 4.69) is 36.3 Å². The summed E-state index contributed by atoms with van der Waals surface area (Å²) in [5.41, 5.74) is 1.94. The molecule has 0 saturated heterocycles. The summed E-state index contributed by atoms with van der Waals surface area (Å²) in [6.45, 7) is 0.720. The highest BCUT2D eigenvalue weighted by Crippen LogP contribution is 2.13. The summed E-state index contributed by atoms with van der Waals surface area (Å²) in [5.74, 6) is 0.811. The molecule has 0 aliphatic heterocycles. The van der Waals surface area contributed by atoms with E-state index in [0.717, 1.165) is 28.3 Å². The van der Waals surface area contributed by atoms with Gasteiger partial charge in [-0.3, -0.25) is 0 Å². The number of nitrogens with one attached hydrogen (secondary N) is 2. The summed E-state index contributed by atoms with van der Waals surface area (Å²) in [6.07, 6.45) is 3.64. The molecule has 2 N–H and O–H groups in total. The Morgan fingerprint density at radius 2 is 2.29 bits per heavy atom. The largest absolute Gasteiger partial charge is 0.364 e. The van der Waals surface area contributed by atoms with Gasteiger partial charge in [-0.05, 0) is 40.2 Å². The smallest absolute Gasteiger partial charge is 0.154 e. The van der Waals surface area contributed by atoms with E-state index >= 15 is 0 Å². The van der Waals surface area contributed by atoms with Crippen molar-refractivity contribution in [2.75, 3.05) is 5.32 Å². The molecule has 5 nitrogen and oxygen atoms in total. The van der Waals surface area contributed by atoms with Gasteiger partial charge in [0.05, 0.1) is 12.7 Å². The molecule has 0 aliphatic carbocycles. The molecule has 0 aromatic carbocycles. The number of nitrogens with zero attached hydrogens (tertiary/aromatic N) is 3. The summed E-state index contributed by atoms with van der Waals surface area (Å²) in [7, 11) is 0. The van der Waals surface area contributed by atoms with Crippen molar-refractivity contribution in [3.63, 3.8) is 0 Å². The van der Waals surface area contributed by atoms with Crippen LogP contribution in [0.3, 0.4) is 0 Å². The van der Waals surface area contributed by atoms with Gasteiger partial charge in [0, 0.05) is 11.9 Å². The van der Waals surface area contributed by atoms with Gasteiger partial charge in [-0.25, -0.2) is 9.50 Å². The number of aromatic amines is 1. The van der Waals surface area contributed by atoms with Crippen LogP contribution in [0.2, 0.25) is 0 Å². The average molecular weight is 292 g/mol. The molecule has 0 fully saturated rings. The molecule has 0 spiro atoms. The fourth-order valence-corrected chi connectivity index (χ4v) is 1.97. The van der Waals surface area contributed by atoms with Gasteiger partial charge in [0.25, 0.3) is 0 Å². The molecule has 6 heteroatoms. The van der Waals surface area contributed by atoms with Gasteiger partial charge < -0.3 is 10.3 Å². The lowest BCUT2D eigenvalue weighted by atomic mass is 10.4. The van der Waals surface area contributed by atoms with Crippen molar-refractivity contribution in [2.24, 2.45) is 0 Å². The fraction of sp³-hybridized carbons (Fsp3) is 0.0909. The van der Waals surface area contributed by atoms with Crippen molar-refractivity contribution in [1.82, 2.24) is 19.6 Å². The third kappa shape index (κ3) is 2.03. The zero-order valence-electron chi connectivity index (χ0n) is 8.89. The van der Waals surface area contributed by atoms with Crippen LogP contribution >= 0.6 is 15.9 Å². The fourth-order valence-electron chi connectivity index (χ4n) is 1.60. The second-order valence-electron chi connectivity index (χ2n) is 3.62. The first-order valence-electron chi connectivity index (χ1n) is 5.19. The SMILES string of the molecule is Brc1cnc2ccc(NCc3ccc[nH]3)nn12. The third-order valence-electron chi connectivity index (χ3n) is 2.44. The van der Waals surface area contributed by atoms with Crippen LogP contribution in [0, 0.1) is 0 Å². The van der Waals surface area contributed by atoms with Gasteiger partial charge in [0.2, 0.25) is 0 Å². The Bertz CT molecular complexity index is 628. The lowest BCUT2D eigenvalue weighted by molar-refractivity contribution is 0.904. The van der Waals surface area contributed by atoms with Gasteiger partial charge in [0.1, 0.15) is 10.4 Å². The molecule has 3 heterocycles. The first-order valence-corrected chi connectivity index (χ1v) is 5.99. The Morgan fingerprint density at radius 1 is 1.35 bits per heavy atom. The molecule has 0 unspecified atom stereocenters. The summed E-state index contributed by atoms with van der Waals surface area (Å²) in [6, 6.07) is 7.84. The Balaban J connectivity index is 1.83. The van der Waals surface area contributed by atoms with Gasteiger partial charge in [-0.1, -0.05) is 0 Å². The normalized spacial score (nSPS) is 10.9. The minimum absolute atomic E-state index is 0.720. The molecular weight excluding hydrogens is 282 g/mol. The predicted octanol–water partition coefficient (Wildman–Crippen LogP) is 2.43. The zero-order chi connectivity index (χ0) is 11.7. The molecule has 3 rings (SSSR count). The topological polar surface area (TPSA) is 58.0 Å². The van der Waals surface area contributed by atoms with Crippen LogP contribution in [-0.4, -0.2) is 19.6 Å². The minimum Gasteiger partial charge on any atom is -0.364 e. The van der Waals surface area contributed by atoms with E-state index in [1.54, 1.807) is 10.7 Å². The van der Waals surface area contributed by atoms with E-state index in [9.17, 15) is 0 Å². The third-order valence-corrected chi connectivity index (χ3v) is 2.98. The van der Waals surface area contributed by atoms with Crippen molar-refractivity contribution < 1.29 is 0 Å². The Hall–Kier alpha value is -1.82. The molecule has 3 aromatic heterocycles. The quantitative estimate of drug-likeness (QED) is 0.779. The van der Waals surface area contributed by atoms with E-state index in [0.29, 0.717) is 0 Å². The average Bonchev–Trinajstić information content (AvgIpc) is 2.97. The van der Waals surface area contributed by atoms with Crippen molar-refractivity contribution in [3.8, 4) is 0 Å². The lowest BCUT2D eigenvalue weighted by Crippen LogP contribution is -2.04. The molecule has 0 saturated carbocycles. The van der Waals surface area contributed by atoms with Gasteiger partial charge >= 0.3 is 0 Å². The molecule has 0 atom stereocenters. The molecule has 0 aliphatic rings.